The van der Waals surface area contributed by atoms with Crippen molar-refractivity contribution < 1.29 is 52.7 Å². The number of aromatic nitrogens is 3. The molecule has 5 atom stereocenters. The predicted molar refractivity (Wildman–Crippen MR) is 196 cm³/mol. The smallest absolute Gasteiger partial charge is 0.394 e. The fourth-order valence-electron chi connectivity index (χ4n) is 6.29. The van der Waals surface area contributed by atoms with Gasteiger partial charge in [-0.2, -0.15) is 18.3 Å². The average Bonchev–Trinajstić information content (AvgIpc) is 3.64. The second kappa shape index (κ2) is 17.9. The number of nitrogens with one attached hydrogen (secondary N) is 2. The number of hydrogen-bond acceptors (Lipinski definition) is 12. The van der Waals surface area contributed by atoms with Crippen LogP contribution in [0.4, 0.5) is 24.5 Å². The third-order valence-corrected chi connectivity index (χ3v) is 9.59. The lowest BCUT2D eigenvalue weighted by molar-refractivity contribution is -0.304. The molecule has 0 spiro atoms. The van der Waals surface area contributed by atoms with E-state index in [0.29, 0.717) is 11.3 Å². The molecule has 2 amide bonds. The van der Waals surface area contributed by atoms with E-state index in [1.165, 1.54) is 10.7 Å². The Morgan fingerprint density at radius 2 is 1.79 bits per heavy atom. The van der Waals surface area contributed by atoms with Crippen molar-refractivity contribution in [3.05, 3.63) is 105 Å². The van der Waals surface area contributed by atoms with Gasteiger partial charge in [0, 0.05) is 24.3 Å². The molecule has 56 heavy (non-hydrogen) atoms. The molecule has 0 saturated carbocycles. The Bertz CT molecular complexity index is 2040. The fraction of sp³-hybridized carbons (Fsp3) is 0.378. The van der Waals surface area contributed by atoms with E-state index in [0.717, 1.165) is 56.4 Å². The van der Waals surface area contributed by atoms with Crippen LogP contribution in [0.3, 0.4) is 0 Å². The minimum Gasteiger partial charge on any atom is -0.394 e. The van der Waals surface area contributed by atoms with Crippen LogP contribution in [0.15, 0.2) is 72.0 Å². The third-order valence-electron chi connectivity index (χ3n) is 9.26. The first-order valence-electron chi connectivity index (χ1n) is 17.6. The molecule has 1 aromatic heterocycles. The zero-order valence-corrected chi connectivity index (χ0v) is 30.4. The van der Waals surface area contributed by atoms with Gasteiger partial charge in [0.05, 0.1) is 54.0 Å². The van der Waals surface area contributed by atoms with Crippen molar-refractivity contribution in [1.82, 2.24) is 20.4 Å². The number of benzene rings is 3. The van der Waals surface area contributed by atoms with Gasteiger partial charge < -0.3 is 40.1 Å². The molecular formula is C37H39ClF3N7O8. The summed E-state index contributed by atoms with van der Waals surface area (Å²) in [6, 6.07) is 15.0. The number of aliphatic hydroxyl groups excluding tert-OH is 4. The van der Waals surface area contributed by atoms with E-state index < -0.39 is 65.9 Å². The number of carbonyl (C=O) groups is 2. The van der Waals surface area contributed by atoms with E-state index in [1.54, 1.807) is 48.7 Å². The summed E-state index contributed by atoms with van der Waals surface area (Å²) in [6.07, 6.45) is -6.14. The van der Waals surface area contributed by atoms with Crippen molar-refractivity contribution >= 4 is 41.0 Å². The molecular weight excluding hydrogens is 763 g/mol. The number of hydrazone groups is 1. The van der Waals surface area contributed by atoms with E-state index in [2.05, 4.69) is 31.1 Å². The maximum atomic E-state index is 13.6. The summed E-state index contributed by atoms with van der Waals surface area (Å²) in [7, 11) is 0. The second-order valence-electron chi connectivity index (χ2n) is 13.3. The summed E-state index contributed by atoms with van der Waals surface area (Å²) in [4.78, 5) is 29.2. The van der Waals surface area contributed by atoms with Gasteiger partial charge >= 0.3 is 6.18 Å². The summed E-state index contributed by atoms with van der Waals surface area (Å²) >= 11 is 5.71. The summed E-state index contributed by atoms with van der Waals surface area (Å²) in [6.45, 7) is 0.995. The number of alkyl halides is 3. The lowest BCUT2D eigenvalue weighted by Gasteiger charge is -2.39. The highest BCUT2D eigenvalue weighted by Gasteiger charge is 2.44. The number of anilines is 2. The molecule has 298 valence electrons. The Hall–Kier alpha value is -4.95. The van der Waals surface area contributed by atoms with Crippen LogP contribution in [0.25, 0.3) is 0 Å². The second-order valence-corrected chi connectivity index (χ2v) is 13.7. The molecule has 0 bridgehead atoms. The number of hydrogen-bond donors (Lipinski definition) is 6. The van der Waals surface area contributed by atoms with Gasteiger partial charge in [0.15, 0.2) is 6.29 Å². The van der Waals surface area contributed by atoms with Gasteiger partial charge in [-0.15, -0.1) is 5.10 Å². The van der Waals surface area contributed by atoms with Crippen molar-refractivity contribution in [1.29, 1.82) is 0 Å². The van der Waals surface area contributed by atoms with E-state index in [1.807, 2.05) is 0 Å². The van der Waals surface area contributed by atoms with Gasteiger partial charge in [-0.05, 0) is 72.9 Å². The molecule has 6 N–H and O–H groups in total. The Morgan fingerprint density at radius 3 is 2.54 bits per heavy atom. The molecule has 3 heterocycles. The Kier molecular flexibility index (Phi) is 13.0. The van der Waals surface area contributed by atoms with Crippen LogP contribution in [0.2, 0.25) is 5.02 Å². The number of rotatable bonds is 12. The van der Waals surface area contributed by atoms with Crippen LogP contribution >= 0.6 is 11.6 Å². The van der Waals surface area contributed by atoms with Crippen LogP contribution in [0, 0.1) is 0 Å². The van der Waals surface area contributed by atoms with E-state index in [9.17, 15) is 43.2 Å². The van der Waals surface area contributed by atoms with Crippen molar-refractivity contribution in [3.8, 4) is 0 Å². The minimum atomic E-state index is -4.68. The lowest BCUT2D eigenvalue weighted by atomic mass is 9.99. The van der Waals surface area contributed by atoms with Crippen molar-refractivity contribution in [2.75, 3.05) is 29.9 Å². The first-order valence-corrected chi connectivity index (χ1v) is 18.0. The zero-order chi connectivity index (χ0) is 40.0. The van der Waals surface area contributed by atoms with Crippen molar-refractivity contribution in [2.24, 2.45) is 5.10 Å². The number of halogens is 4. The fourth-order valence-corrected chi connectivity index (χ4v) is 6.52. The summed E-state index contributed by atoms with van der Waals surface area (Å²) in [5.74, 6) is -1.23. The molecule has 6 rings (SSSR count). The van der Waals surface area contributed by atoms with Gasteiger partial charge in [0.2, 0.25) is 0 Å². The third kappa shape index (κ3) is 9.88. The molecule has 0 aliphatic carbocycles. The number of amides is 2. The predicted octanol–water partition coefficient (Wildman–Crippen LogP) is 3.32. The van der Waals surface area contributed by atoms with Gasteiger partial charge in [-0.25, -0.2) is 10.1 Å². The highest BCUT2D eigenvalue weighted by atomic mass is 35.5. The van der Waals surface area contributed by atoms with Crippen molar-refractivity contribution in [2.45, 2.75) is 69.3 Å². The standard InChI is InChI=1S/C37H39ClF3N7O8/c38-28-9-7-21(14-27(28)37(39,40)41)16-42-45-35(54)26-15-25(47-11-2-1-3-12-47)8-10-29(26)43-34(53)23-6-4-5-22(13-23)17-48-18-24(44-46-48)20-55-36-33(52)32(51)31(50)30(19-49)56-36/h4-10,13-16,18,30-33,36,49-52H,1-3,11-12,17,19-20H2,(H,43,53)(H,45,54)/b42-16+/t30-,31-,32-,33+,36?/m0/s1. The topological polar surface area (TPSA) is 204 Å². The van der Waals surface area contributed by atoms with Crippen LogP contribution in [-0.4, -0.2) is 104 Å². The van der Waals surface area contributed by atoms with Gasteiger partial charge in [0.1, 0.15) is 30.1 Å². The summed E-state index contributed by atoms with van der Waals surface area (Å²) < 4.78 is 52.4. The maximum Gasteiger partial charge on any atom is 0.417 e. The molecule has 2 saturated heterocycles. The number of piperidine rings is 1. The quantitative estimate of drug-likeness (QED) is 0.0907. The van der Waals surface area contributed by atoms with Crippen LogP contribution < -0.4 is 15.6 Å². The number of nitrogens with zero attached hydrogens (tertiary/aromatic N) is 5. The van der Waals surface area contributed by atoms with Crippen LogP contribution in [0.1, 0.15) is 62.4 Å². The minimum absolute atomic E-state index is 0.0565. The number of aliphatic hydroxyl groups is 4. The SMILES string of the molecule is O=C(Nc1ccc(N2CCCCC2)cc1C(=O)N/N=C/c1ccc(Cl)c(C(F)(F)F)c1)c1cccc(Cn2cc(COC3O[C@@H](CO)[C@H](O)[C@H](O)[C@H]3O)nn2)c1. The molecule has 4 aromatic rings. The molecule has 2 aliphatic rings. The average molecular weight is 802 g/mol. The molecule has 15 nitrogen and oxygen atoms in total. The van der Waals surface area contributed by atoms with Gasteiger partial charge in [0.25, 0.3) is 11.8 Å². The maximum absolute atomic E-state index is 13.6. The molecule has 19 heteroatoms. The highest BCUT2D eigenvalue weighted by Crippen LogP contribution is 2.35. The van der Waals surface area contributed by atoms with Crippen molar-refractivity contribution in [3.63, 3.8) is 0 Å². The van der Waals surface area contributed by atoms with E-state index >= 15 is 0 Å². The monoisotopic (exact) mass is 801 g/mol. The molecule has 2 fully saturated rings. The van der Waals surface area contributed by atoms with E-state index in [-0.39, 0.29) is 35.5 Å². The van der Waals surface area contributed by atoms with Gasteiger partial charge in [-0.3, -0.25) is 9.59 Å². The Balaban J connectivity index is 1.13. The number of ether oxygens (including phenoxy) is 2. The molecule has 0 radical (unpaired) electrons. The van der Waals surface area contributed by atoms with Crippen LogP contribution in [0.5, 0.6) is 0 Å². The summed E-state index contributed by atoms with van der Waals surface area (Å²) in [5, 5.41) is 53.8. The Labute approximate surface area is 323 Å². The molecule has 1 unspecified atom stereocenters. The summed E-state index contributed by atoms with van der Waals surface area (Å²) in [5.41, 5.74) is 3.68. The van der Waals surface area contributed by atoms with Gasteiger partial charge in [-0.1, -0.05) is 35.0 Å². The highest BCUT2D eigenvalue weighted by molar-refractivity contribution is 6.31. The first kappa shape index (κ1) is 40.7. The Morgan fingerprint density at radius 1 is 1.00 bits per heavy atom. The lowest BCUT2D eigenvalue weighted by Crippen LogP contribution is -2.59. The largest absolute Gasteiger partial charge is 0.417 e. The zero-order valence-electron chi connectivity index (χ0n) is 29.6. The normalized spacial score (nSPS) is 21.6. The molecule has 3 aromatic carbocycles. The van der Waals surface area contributed by atoms with E-state index in [4.69, 9.17) is 21.1 Å². The van der Waals surface area contributed by atoms with Crippen LogP contribution in [-0.2, 0) is 28.8 Å². The number of carbonyl (C=O) groups excluding carboxylic acids is 2. The molecule has 2 aliphatic heterocycles. The first-order chi connectivity index (χ1) is 26.8.